The molecule has 0 aliphatic carbocycles. The van der Waals surface area contributed by atoms with Crippen molar-refractivity contribution in [3.8, 4) is 0 Å². The molecule has 0 fully saturated rings. The normalized spacial score (nSPS) is 10.5. The molecular weight excluding hydrogens is 368 g/mol. The summed E-state index contributed by atoms with van der Waals surface area (Å²) in [5.74, 6) is -2.59. The van der Waals surface area contributed by atoms with Gasteiger partial charge < -0.3 is 10.4 Å². The number of anilines is 1. The third-order valence-corrected chi connectivity index (χ3v) is 3.80. The zero-order chi connectivity index (χ0) is 15.6. The van der Waals surface area contributed by atoms with Crippen LogP contribution in [0, 0.1) is 11.6 Å². The van der Waals surface area contributed by atoms with Crippen LogP contribution in [0.4, 0.5) is 14.5 Å². The monoisotopic (exact) mass is 375 g/mol. The van der Waals surface area contributed by atoms with E-state index >= 15 is 0 Å². The second-order valence-electron chi connectivity index (χ2n) is 4.21. The quantitative estimate of drug-likeness (QED) is 0.814. The SMILES string of the molecule is O=C(O)c1ccc(CNc2c(F)cc(F)cc2Cl)c(Br)c1. The van der Waals surface area contributed by atoms with Gasteiger partial charge in [-0.25, -0.2) is 13.6 Å². The minimum Gasteiger partial charge on any atom is -0.478 e. The first-order chi connectivity index (χ1) is 9.88. The Morgan fingerprint density at radius 2 is 2.00 bits per heavy atom. The molecule has 0 saturated carbocycles. The van der Waals surface area contributed by atoms with Crippen molar-refractivity contribution in [2.75, 3.05) is 5.32 Å². The maximum absolute atomic E-state index is 13.6. The van der Waals surface area contributed by atoms with Crippen LogP contribution < -0.4 is 5.32 Å². The summed E-state index contributed by atoms with van der Waals surface area (Å²) in [7, 11) is 0. The van der Waals surface area contributed by atoms with E-state index < -0.39 is 17.6 Å². The van der Waals surface area contributed by atoms with Gasteiger partial charge in [0.1, 0.15) is 5.82 Å². The second-order valence-corrected chi connectivity index (χ2v) is 5.47. The molecule has 0 amide bonds. The summed E-state index contributed by atoms with van der Waals surface area (Å²) in [6, 6.07) is 6.22. The van der Waals surface area contributed by atoms with E-state index in [1.807, 2.05) is 0 Å². The van der Waals surface area contributed by atoms with E-state index in [-0.39, 0.29) is 22.8 Å². The number of nitrogens with one attached hydrogen (secondary N) is 1. The number of carboxylic acids is 1. The van der Waals surface area contributed by atoms with E-state index in [0.29, 0.717) is 10.0 Å². The first-order valence-electron chi connectivity index (χ1n) is 5.78. The second kappa shape index (κ2) is 6.41. The van der Waals surface area contributed by atoms with Gasteiger partial charge in [0.15, 0.2) is 5.82 Å². The molecule has 2 rings (SSSR count). The lowest BCUT2D eigenvalue weighted by atomic mass is 10.1. The molecule has 0 aliphatic heterocycles. The lowest BCUT2D eigenvalue weighted by Crippen LogP contribution is -2.04. The topological polar surface area (TPSA) is 49.3 Å². The zero-order valence-electron chi connectivity index (χ0n) is 10.5. The molecule has 110 valence electrons. The highest BCUT2D eigenvalue weighted by Crippen LogP contribution is 2.28. The van der Waals surface area contributed by atoms with Crippen LogP contribution in [-0.2, 0) is 6.54 Å². The van der Waals surface area contributed by atoms with Crippen LogP contribution in [-0.4, -0.2) is 11.1 Å². The predicted molar refractivity (Wildman–Crippen MR) is 79.8 cm³/mol. The van der Waals surface area contributed by atoms with Crippen LogP contribution >= 0.6 is 27.5 Å². The molecule has 2 aromatic carbocycles. The van der Waals surface area contributed by atoms with Crippen molar-refractivity contribution in [2.24, 2.45) is 0 Å². The zero-order valence-corrected chi connectivity index (χ0v) is 12.8. The van der Waals surface area contributed by atoms with Gasteiger partial charge in [-0.3, -0.25) is 0 Å². The lowest BCUT2D eigenvalue weighted by Gasteiger charge is -2.11. The van der Waals surface area contributed by atoms with Crippen LogP contribution in [0.2, 0.25) is 5.02 Å². The molecule has 2 N–H and O–H groups in total. The summed E-state index contributed by atoms with van der Waals surface area (Å²) in [6.45, 7) is 0.197. The number of carbonyl (C=O) groups is 1. The Bertz CT molecular complexity index is 686. The third-order valence-electron chi connectivity index (χ3n) is 2.76. The number of halogens is 4. The van der Waals surface area contributed by atoms with Crippen LogP contribution in [0.5, 0.6) is 0 Å². The first-order valence-corrected chi connectivity index (χ1v) is 6.95. The van der Waals surface area contributed by atoms with Gasteiger partial charge in [-0.1, -0.05) is 33.6 Å². The lowest BCUT2D eigenvalue weighted by molar-refractivity contribution is 0.0697. The Balaban J connectivity index is 2.19. The molecule has 0 spiro atoms. The van der Waals surface area contributed by atoms with E-state index in [2.05, 4.69) is 21.2 Å². The number of aromatic carboxylic acids is 1. The van der Waals surface area contributed by atoms with Crippen molar-refractivity contribution in [3.63, 3.8) is 0 Å². The van der Waals surface area contributed by atoms with E-state index in [1.54, 1.807) is 6.07 Å². The summed E-state index contributed by atoms with van der Waals surface area (Å²) in [6.07, 6.45) is 0. The van der Waals surface area contributed by atoms with Gasteiger partial charge in [0.2, 0.25) is 0 Å². The number of hydrogen-bond acceptors (Lipinski definition) is 2. The summed E-state index contributed by atoms with van der Waals surface area (Å²) in [5.41, 5.74) is 0.837. The largest absolute Gasteiger partial charge is 0.478 e. The van der Waals surface area contributed by atoms with Crippen molar-refractivity contribution in [3.05, 3.63) is 62.6 Å². The fourth-order valence-electron chi connectivity index (χ4n) is 1.72. The summed E-state index contributed by atoms with van der Waals surface area (Å²) in [4.78, 5) is 10.8. The molecule has 0 bridgehead atoms. The summed E-state index contributed by atoms with van der Waals surface area (Å²) < 4.78 is 27.1. The summed E-state index contributed by atoms with van der Waals surface area (Å²) >= 11 is 9.02. The maximum atomic E-state index is 13.6. The van der Waals surface area contributed by atoms with E-state index in [0.717, 1.165) is 12.1 Å². The maximum Gasteiger partial charge on any atom is 0.335 e. The number of rotatable bonds is 4. The molecule has 0 aliphatic rings. The van der Waals surface area contributed by atoms with E-state index in [4.69, 9.17) is 16.7 Å². The number of benzene rings is 2. The van der Waals surface area contributed by atoms with Crippen molar-refractivity contribution >= 4 is 39.2 Å². The van der Waals surface area contributed by atoms with E-state index in [1.165, 1.54) is 12.1 Å². The van der Waals surface area contributed by atoms with Crippen LogP contribution in [0.1, 0.15) is 15.9 Å². The predicted octanol–water partition coefficient (Wildman–Crippen LogP) is 4.69. The molecule has 7 heteroatoms. The molecular formula is C14H9BrClF2NO2. The molecule has 0 radical (unpaired) electrons. The molecule has 0 atom stereocenters. The standard InChI is InChI=1S/C14H9BrClF2NO2/c15-10-3-7(14(20)21)1-2-8(10)6-19-13-11(16)4-9(17)5-12(13)18/h1-5,19H,6H2,(H,20,21). The average molecular weight is 377 g/mol. The molecule has 0 heterocycles. The van der Waals surface area contributed by atoms with E-state index in [9.17, 15) is 13.6 Å². The highest BCUT2D eigenvalue weighted by molar-refractivity contribution is 9.10. The van der Waals surface area contributed by atoms with Gasteiger partial charge in [-0.2, -0.15) is 0 Å². The fourth-order valence-corrected chi connectivity index (χ4v) is 2.50. The molecule has 0 saturated heterocycles. The molecule has 3 nitrogen and oxygen atoms in total. The average Bonchev–Trinajstić information content (AvgIpc) is 2.38. The molecule has 0 aromatic heterocycles. The Morgan fingerprint density at radius 1 is 1.29 bits per heavy atom. The Kier molecular flexibility index (Phi) is 4.80. The highest BCUT2D eigenvalue weighted by atomic mass is 79.9. The van der Waals surface area contributed by atoms with Gasteiger partial charge in [-0.05, 0) is 23.8 Å². The van der Waals surface area contributed by atoms with Crippen LogP contribution in [0.25, 0.3) is 0 Å². The summed E-state index contributed by atoms with van der Waals surface area (Å²) in [5, 5.41) is 11.6. The van der Waals surface area contributed by atoms with Gasteiger partial charge in [0.05, 0.1) is 16.3 Å². The number of carboxylic acid groups (broad SMARTS) is 1. The highest BCUT2D eigenvalue weighted by Gasteiger charge is 2.11. The fraction of sp³-hybridized carbons (Fsp3) is 0.0714. The van der Waals surface area contributed by atoms with Gasteiger partial charge in [0, 0.05) is 17.1 Å². The Hall–Kier alpha value is -1.66. The van der Waals surface area contributed by atoms with Gasteiger partial charge in [0.25, 0.3) is 0 Å². The Labute approximate surface area is 132 Å². The number of hydrogen-bond donors (Lipinski definition) is 2. The molecule has 2 aromatic rings. The Morgan fingerprint density at radius 3 is 2.57 bits per heavy atom. The van der Waals surface area contributed by atoms with Crippen LogP contribution in [0.3, 0.4) is 0 Å². The van der Waals surface area contributed by atoms with Gasteiger partial charge in [-0.15, -0.1) is 0 Å². The smallest absolute Gasteiger partial charge is 0.335 e. The molecule has 0 unspecified atom stereocenters. The minimum atomic E-state index is -1.04. The van der Waals surface area contributed by atoms with Crippen LogP contribution in [0.15, 0.2) is 34.8 Å². The van der Waals surface area contributed by atoms with Gasteiger partial charge >= 0.3 is 5.97 Å². The van der Waals surface area contributed by atoms with Crippen molar-refractivity contribution < 1.29 is 18.7 Å². The molecule has 21 heavy (non-hydrogen) atoms. The van der Waals surface area contributed by atoms with Crippen molar-refractivity contribution in [1.29, 1.82) is 0 Å². The minimum absolute atomic E-state index is 0.00715. The van der Waals surface area contributed by atoms with Crippen molar-refractivity contribution in [2.45, 2.75) is 6.54 Å². The van der Waals surface area contributed by atoms with Crippen molar-refractivity contribution in [1.82, 2.24) is 0 Å². The first kappa shape index (κ1) is 15.7. The third kappa shape index (κ3) is 3.71.